The zero-order valence-corrected chi connectivity index (χ0v) is 55.4. The van der Waals surface area contributed by atoms with Gasteiger partial charge in [-0.2, -0.15) is 0 Å². The topological polar surface area (TPSA) is 307 Å². The van der Waals surface area contributed by atoms with E-state index in [0.717, 1.165) is 44.9 Å². The molecular weight excluding hydrogens is 1140 g/mol. The predicted octanol–water partition coefficient (Wildman–Crippen LogP) is 9.83. The van der Waals surface area contributed by atoms with Crippen molar-refractivity contribution in [2.24, 2.45) is 0 Å². The number of nitrogens with one attached hydrogen (secondary N) is 1. The quantitative estimate of drug-likeness (QED) is 0.0199. The normalized spacial score (nSPS) is 28.3. The lowest BCUT2D eigenvalue weighted by molar-refractivity contribution is -0.379. The van der Waals surface area contributed by atoms with Crippen molar-refractivity contribution in [1.82, 2.24) is 5.32 Å². The summed E-state index contributed by atoms with van der Waals surface area (Å²) in [4.78, 5) is 13.4. The van der Waals surface area contributed by atoms with Gasteiger partial charge in [0.15, 0.2) is 18.9 Å². The van der Waals surface area contributed by atoms with Crippen molar-refractivity contribution in [2.75, 3.05) is 26.4 Å². The summed E-state index contributed by atoms with van der Waals surface area (Å²) >= 11 is 0. The lowest BCUT2D eigenvalue weighted by Crippen LogP contribution is -2.66. The Labute approximate surface area is 537 Å². The van der Waals surface area contributed by atoms with Crippen molar-refractivity contribution in [2.45, 2.75) is 388 Å². The average molecular weight is 1270 g/mol. The number of unbranched alkanes of at least 4 members (excludes halogenated alkanes) is 38. The van der Waals surface area contributed by atoms with Gasteiger partial charge in [-0.25, -0.2) is 0 Å². The van der Waals surface area contributed by atoms with Gasteiger partial charge in [0.1, 0.15) is 73.2 Å². The van der Waals surface area contributed by atoms with Crippen molar-refractivity contribution < 1.29 is 89.4 Å². The molecule has 17 atom stereocenters. The van der Waals surface area contributed by atoms with Gasteiger partial charge in [0, 0.05) is 6.42 Å². The summed E-state index contributed by atoms with van der Waals surface area (Å²) < 4.78 is 34.4. The van der Waals surface area contributed by atoms with E-state index >= 15 is 0 Å². The summed E-state index contributed by atoms with van der Waals surface area (Å²) in [5, 5.41) is 121. The Morgan fingerprint density at radius 3 is 1.09 bits per heavy atom. The summed E-state index contributed by atoms with van der Waals surface area (Å²) in [5.74, 6) is -0.271. The molecule has 0 radical (unpaired) electrons. The molecule has 0 aliphatic carbocycles. The van der Waals surface area contributed by atoms with E-state index in [4.69, 9.17) is 28.4 Å². The van der Waals surface area contributed by atoms with Gasteiger partial charge in [0.25, 0.3) is 0 Å². The predicted molar refractivity (Wildman–Crippen MR) is 346 cm³/mol. The molecule has 89 heavy (non-hydrogen) atoms. The van der Waals surface area contributed by atoms with Gasteiger partial charge >= 0.3 is 0 Å². The molecule has 19 heteroatoms. The van der Waals surface area contributed by atoms with Crippen LogP contribution in [-0.2, 0) is 33.2 Å². The number of ether oxygens (including phenoxy) is 6. The molecule has 0 bridgehead atoms. The SMILES string of the molecule is CCCCCCCCCC/C=C\CCCCCCCCCCCCCCCC(=O)NC(COC1OC(CO)C(OC2OC(CO)C(OC3OC(CO)C(O)C(O)C3O)C(O)C2O)C(O)C1O)C(O)/C=C/CCCCCCCCCCCCCCCCCCC. The molecular formula is C70H131NO18. The second-order valence-corrected chi connectivity index (χ2v) is 26.1. The number of hydrogen-bond donors (Lipinski definition) is 12. The van der Waals surface area contributed by atoms with Crippen molar-refractivity contribution in [3.05, 3.63) is 24.3 Å². The van der Waals surface area contributed by atoms with Crippen LogP contribution in [0.25, 0.3) is 0 Å². The molecule has 0 aromatic rings. The molecule has 3 fully saturated rings. The first kappa shape index (κ1) is 81.5. The van der Waals surface area contributed by atoms with Crippen LogP contribution in [0.4, 0.5) is 0 Å². The summed E-state index contributed by atoms with van der Waals surface area (Å²) in [6.45, 7) is 1.77. The highest BCUT2D eigenvalue weighted by atomic mass is 16.8. The first-order valence-electron chi connectivity index (χ1n) is 36.1. The number of amides is 1. The van der Waals surface area contributed by atoms with E-state index in [-0.39, 0.29) is 18.9 Å². The zero-order chi connectivity index (χ0) is 64.7. The highest BCUT2D eigenvalue weighted by molar-refractivity contribution is 5.76. The van der Waals surface area contributed by atoms with E-state index in [1.165, 1.54) is 212 Å². The Hall–Kier alpha value is -1.73. The number of carbonyl (C=O) groups excluding carboxylic acids is 1. The third-order valence-corrected chi connectivity index (χ3v) is 18.2. The van der Waals surface area contributed by atoms with Gasteiger partial charge in [0.05, 0.1) is 38.6 Å². The number of aliphatic hydroxyl groups excluding tert-OH is 11. The van der Waals surface area contributed by atoms with E-state index in [1.54, 1.807) is 6.08 Å². The zero-order valence-electron chi connectivity index (χ0n) is 55.4. The lowest BCUT2D eigenvalue weighted by atomic mass is 9.96. The van der Waals surface area contributed by atoms with Crippen LogP contribution in [0.3, 0.4) is 0 Å². The maximum Gasteiger partial charge on any atom is 0.220 e. The molecule has 1 amide bonds. The smallest absolute Gasteiger partial charge is 0.220 e. The first-order chi connectivity index (χ1) is 43.3. The molecule has 3 heterocycles. The first-order valence-corrected chi connectivity index (χ1v) is 36.1. The molecule has 0 aromatic heterocycles. The average Bonchev–Trinajstić information content (AvgIpc) is 2.44. The van der Waals surface area contributed by atoms with Crippen LogP contribution in [0.1, 0.15) is 284 Å². The molecule has 0 spiro atoms. The fourth-order valence-electron chi connectivity index (χ4n) is 12.4. The third kappa shape index (κ3) is 34.5. The van der Waals surface area contributed by atoms with Gasteiger partial charge in [-0.15, -0.1) is 0 Å². The van der Waals surface area contributed by atoms with E-state index in [1.807, 2.05) is 6.08 Å². The Kier molecular flexibility index (Phi) is 48.1. The van der Waals surface area contributed by atoms with Gasteiger partial charge in [0.2, 0.25) is 5.91 Å². The molecule has 3 saturated heterocycles. The summed E-state index contributed by atoms with van der Waals surface area (Å²) in [6.07, 6.45) is 32.9. The number of aliphatic hydroxyl groups is 11. The highest BCUT2D eigenvalue weighted by Crippen LogP contribution is 2.33. The summed E-state index contributed by atoms with van der Waals surface area (Å²) in [6, 6.07) is -0.971. The van der Waals surface area contributed by atoms with Gasteiger partial charge in [-0.1, -0.05) is 256 Å². The monoisotopic (exact) mass is 1270 g/mol. The maximum absolute atomic E-state index is 13.4. The van der Waals surface area contributed by atoms with E-state index in [2.05, 4.69) is 31.3 Å². The largest absolute Gasteiger partial charge is 0.394 e. The van der Waals surface area contributed by atoms with Crippen LogP contribution in [0.15, 0.2) is 24.3 Å². The molecule has 3 aliphatic heterocycles. The molecule has 524 valence electrons. The van der Waals surface area contributed by atoms with Crippen molar-refractivity contribution >= 4 is 5.91 Å². The highest BCUT2D eigenvalue weighted by Gasteiger charge is 2.53. The Morgan fingerprint density at radius 2 is 0.708 bits per heavy atom. The Bertz CT molecular complexity index is 1710. The second-order valence-electron chi connectivity index (χ2n) is 26.1. The van der Waals surface area contributed by atoms with Gasteiger partial charge in [-0.05, 0) is 44.9 Å². The third-order valence-electron chi connectivity index (χ3n) is 18.2. The molecule has 0 aromatic carbocycles. The fourth-order valence-corrected chi connectivity index (χ4v) is 12.4. The summed E-state index contributed by atoms with van der Waals surface area (Å²) in [7, 11) is 0. The van der Waals surface area contributed by atoms with Crippen LogP contribution in [0.5, 0.6) is 0 Å². The van der Waals surface area contributed by atoms with E-state index in [9.17, 15) is 61.0 Å². The molecule has 19 nitrogen and oxygen atoms in total. The Morgan fingerprint density at radius 1 is 0.393 bits per heavy atom. The van der Waals surface area contributed by atoms with E-state index in [0.29, 0.717) is 6.42 Å². The van der Waals surface area contributed by atoms with Gasteiger partial charge < -0.3 is 89.9 Å². The number of allylic oxidation sites excluding steroid dienone is 3. The minimum absolute atomic E-state index is 0.246. The fraction of sp³-hybridized carbons (Fsp3) is 0.929. The molecule has 3 rings (SSSR count). The van der Waals surface area contributed by atoms with Gasteiger partial charge in [-0.3, -0.25) is 4.79 Å². The molecule has 0 saturated carbocycles. The molecule has 17 unspecified atom stereocenters. The van der Waals surface area contributed by atoms with Crippen LogP contribution in [-0.4, -0.2) is 193 Å². The van der Waals surface area contributed by atoms with Crippen LogP contribution < -0.4 is 5.32 Å². The summed E-state index contributed by atoms with van der Waals surface area (Å²) in [5.41, 5.74) is 0. The van der Waals surface area contributed by atoms with Crippen LogP contribution in [0.2, 0.25) is 0 Å². The van der Waals surface area contributed by atoms with Crippen LogP contribution in [0, 0.1) is 0 Å². The Balaban J connectivity index is 1.42. The van der Waals surface area contributed by atoms with Crippen molar-refractivity contribution in [1.29, 1.82) is 0 Å². The number of rotatable bonds is 56. The van der Waals surface area contributed by atoms with Crippen LogP contribution >= 0.6 is 0 Å². The van der Waals surface area contributed by atoms with E-state index < -0.39 is 124 Å². The standard InChI is InChI=1S/C70H131NO18/c1-3-5-7-9-11-13-15-17-19-21-23-24-25-26-27-28-30-32-34-36-38-40-42-44-46-48-58(76)71-53(54(75)47-45-43-41-39-37-35-33-31-29-22-20-18-16-14-12-10-8-6-4-2)52-84-68-64(82)61(79)66(56(50-73)86-68)89-70-65(83)62(80)67(57(51-74)87-70)88-69-63(81)60(78)59(77)55(49-72)85-69/h21,23,45,47,53-57,59-70,72-75,77-83H,3-20,22,24-44,46,48-52H2,1-2H3,(H,71,76)/b23-21-,47-45+. The minimum Gasteiger partial charge on any atom is -0.394 e. The molecule has 12 N–H and O–H groups in total. The molecule has 3 aliphatic rings. The number of carbonyl (C=O) groups is 1. The second kappa shape index (κ2) is 52.5. The van der Waals surface area contributed by atoms with Crippen molar-refractivity contribution in [3.63, 3.8) is 0 Å². The minimum atomic E-state index is -1.98. The number of hydrogen-bond acceptors (Lipinski definition) is 18. The maximum atomic E-state index is 13.4. The lowest BCUT2D eigenvalue weighted by Gasteiger charge is -2.48. The van der Waals surface area contributed by atoms with Crippen molar-refractivity contribution in [3.8, 4) is 0 Å².